The molecule has 2 aromatic carbocycles. The van der Waals surface area contributed by atoms with Crippen LogP contribution < -0.4 is 10.6 Å². The first-order chi connectivity index (χ1) is 13.0. The smallest absolute Gasteiger partial charge is 0.251 e. The summed E-state index contributed by atoms with van der Waals surface area (Å²) in [4.78, 5) is 24.9. The number of phenols is 1. The summed E-state index contributed by atoms with van der Waals surface area (Å²) in [6.45, 7) is 0.308. The number of hydrogen-bond donors (Lipinski definition) is 3. The standard InChI is InChI=1S/C20H20ClN3O3/c21-12-14-3-1-4-16(11-14)19(26)24-13-18(20(27)23-10-2-9-22)15-5-7-17(25)8-6-15/h1,3-8,11,18,25H,2,10,12-13H2,(H,23,27)(H,24,26). The van der Waals surface area contributed by atoms with Gasteiger partial charge in [0.05, 0.1) is 18.4 Å². The number of rotatable bonds is 8. The summed E-state index contributed by atoms with van der Waals surface area (Å²) in [7, 11) is 0. The summed E-state index contributed by atoms with van der Waals surface area (Å²) >= 11 is 5.80. The molecule has 0 aromatic heterocycles. The molecule has 0 spiro atoms. The zero-order valence-corrected chi connectivity index (χ0v) is 15.4. The van der Waals surface area contributed by atoms with Crippen LogP contribution >= 0.6 is 11.6 Å². The van der Waals surface area contributed by atoms with Gasteiger partial charge < -0.3 is 15.7 Å². The Bertz CT molecular complexity index is 831. The molecule has 2 amide bonds. The van der Waals surface area contributed by atoms with Crippen LogP contribution in [0, 0.1) is 11.3 Å². The fourth-order valence-electron chi connectivity index (χ4n) is 2.53. The zero-order chi connectivity index (χ0) is 19.6. The van der Waals surface area contributed by atoms with Crippen molar-refractivity contribution in [2.75, 3.05) is 13.1 Å². The average Bonchev–Trinajstić information content (AvgIpc) is 2.69. The third kappa shape index (κ3) is 6.01. The number of nitriles is 1. The van der Waals surface area contributed by atoms with E-state index in [-0.39, 0.29) is 37.1 Å². The molecular formula is C20H20ClN3O3. The third-order valence-corrected chi connectivity index (χ3v) is 4.27. The number of benzene rings is 2. The maximum atomic E-state index is 12.5. The second-order valence-electron chi connectivity index (χ2n) is 5.89. The molecule has 2 rings (SSSR count). The van der Waals surface area contributed by atoms with Crippen LogP contribution in [0.4, 0.5) is 0 Å². The van der Waals surface area contributed by atoms with Crippen molar-refractivity contribution >= 4 is 23.4 Å². The molecule has 0 fully saturated rings. The van der Waals surface area contributed by atoms with E-state index in [0.29, 0.717) is 17.0 Å². The Labute approximate surface area is 162 Å². The number of aromatic hydroxyl groups is 1. The molecule has 27 heavy (non-hydrogen) atoms. The van der Waals surface area contributed by atoms with E-state index in [1.165, 1.54) is 12.1 Å². The van der Waals surface area contributed by atoms with Gasteiger partial charge in [0.1, 0.15) is 5.75 Å². The number of carbonyl (C=O) groups is 2. The molecule has 0 heterocycles. The van der Waals surface area contributed by atoms with Crippen LogP contribution in [0.1, 0.15) is 33.8 Å². The third-order valence-electron chi connectivity index (χ3n) is 3.96. The van der Waals surface area contributed by atoms with E-state index in [1.54, 1.807) is 30.3 Å². The van der Waals surface area contributed by atoms with Gasteiger partial charge in [0.15, 0.2) is 0 Å². The molecule has 6 nitrogen and oxygen atoms in total. The Kier molecular flexibility index (Phi) is 7.65. The molecule has 0 aliphatic rings. The number of nitrogens with zero attached hydrogens (tertiary/aromatic N) is 1. The van der Waals surface area contributed by atoms with Gasteiger partial charge in [-0.2, -0.15) is 5.26 Å². The van der Waals surface area contributed by atoms with Crippen LogP contribution in [0.3, 0.4) is 0 Å². The average molecular weight is 386 g/mol. The quantitative estimate of drug-likeness (QED) is 0.480. The molecule has 0 bridgehead atoms. The summed E-state index contributed by atoms with van der Waals surface area (Å²) in [5, 5.41) is 23.5. The number of hydrogen-bond acceptors (Lipinski definition) is 4. The van der Waals surface area contributed by atoms with Crippen LogP contribution in [0.5, 0.6) is 5.75 Å². The van der Waals surface area contributed by atoms with Crippen molar-refractivity contribution in [2.45, 2.75) is 18.2 Å². The fourth-order valence-corrected chi connectivity index (χ4v) is 2.69. The molecule has 0 saturated heterocycles. The topological polar surface area (TPSA) is 102 Å². The zero-order valence-electron chi connectivity index (χ0n) is 14.6. The van der Waals surface area contributed by atoms with E-state index in [9.17, 15) is 14.7 Å². The predicted molar refractivity (Wildman–Crippen MR) is 102 cm³/mol. The van der Waals surface area contributed by atoms with E-state index in [4.69, 9.17) is 16.9 Å². The van der Waals surface area contributed by atoms with Crippen molar-refractivity contribution in [3.63, 3.8) is 0 Å². The number of amides is 2. The van der Waals surface area contributed by atoms with Crippen LogP contribution in [0.15, 0.2) is 48.5 Å². The van der Waals surface area contributed by atoms with Gasteiger partial charge in [-0.05, 0) is 35.4 Å². The molecule has 0 aliphatic heterocycles. The van der Waals surface area contributed by atoms with Crippen molar-refractivity contribution in [1.29, 1.82) is 5.26 Å². The van der Waals surface area contributed by atoms with Crippen molar-refractivity contribution in [2.24, 2.45) is 0 Å². The van der Waals surface area contributed by atoms with Gasteiger partial charge >= 0.3 is 0 Å². The van der Waals surface area contributed by atoms with Crippen LogP contribution in [-0.2, 0) is 10.7 Å². The highest BCUT2D eigenvalue weighted by Gasteiger charge is 2.21. The molecule has 2 aromatic rings. The summed E-state index contributed by atoms with van der Waals surface area (Å²) in [6.07, 6.45) is 0.200. The molecule has 3 N–H and O–H groups in total. The number of phenolic OH excluding ortho intramolecular Hbond substituents is 1. The molecule has 1 unspecified atom stereocenters. The second-order valence-corrected chi connectivity index (χ2v) is 6.15. The second kappa shape index (κ2) is 10.2. The van der Waals surface area contributed by atoms with Gasteiger partial charge in [-0.25, -0.2) is 0 Å². The first-order valence-electron chi connectivity index (χ1n) is 8.42. The highest BCUT2D eigenvalue weighted by atomic mass is 35.5. The SMILES string of the molecule is N#CCCNC(=O)C(CNC(=O)c1cccc(CCl)c1)c1ccc(O)cc1. The van der Waals surface area contributed by atoms with Crippen LogP contribution in [0.25, 0.3) is 0 Å². The van der Waals surface area contributed by atoms with E-state index in [0.717, 1.165) is 5.56 Å². The van der Waals surface area contributed by atoms with Crippen molar-refractivity contribution < 1.29 is 14.7 Å². The minimum Gasteiger partial charge on any atom is -0.508 e. The highest BCUT2D eigenvalue weighted by Crippen LogP contribution is 2.19. The Balaban J connectivity index is 2.11. The maximum Gasteiger partial charge on any atom is 0.251 e. The fraction of sp³-hybridized carbons (Fsp3) is 0.250. The lowest BCUT2D eigenvalue weighted by molar-refractivity contribution is -0.122. The van der Waals surface area contributed by atoms with Crippen LogP contribution in [-0.4, -0.2) is 30.0 Å². The summed E-state index contributed by atoms with van der Waals surface area (Å²) in [5.74, 6) is -0.867. The van der Waals surface area contributed by atoms with E-state index < -0.39 is 5.92 Å². The Morgan fingerprint density at radius 2 is 1.89 bits per heavy atom. The Morgan fingerprint density at radius 1 is 1.15 bits per heavy atom. The normalized spacial score (nSPS) is 11.3. The number of carbonyl (C=O) groups excluding carboxylic acids is 2. The van der Waals surface area contributed by atoms with Gasteiger partial charge in [0, 0.05) is 24.5 Å². The van der Waals surface area contributed by atoms with E-state index in [1.807, 2.05) is 12.1 Å². The largest absolute Gasteiger partial charge is 0.508 e. The Hall–Kier alpha value is -3.04. The number of nitrogens with one attached hydrogen (secondary N) is 2. The van der Waals surface area contributed by atoms with Gasteiger partial charge in [-0.1, -0.05) is 24.3 Å². The van der Waals surface area contributed by atoms with Gasteiger partial charge in [-0.3, -0.25) is 9.59 Å². The van der Waals surface area contributed by atoms with Crippen molar-refractivity contribution in [3.8, 4) is 11.8 Å². The number of alkyl halides is 1. The molecule has 140 valence electrons. The summed E-state index contributed by atoms with van der Waals surface area (Å²) in [6, 6.07) is 15.1. The lowest BCUT2D eigenvalue weighted by Crippen LogP contribution is -2.37. The molecule has 7 heteroatoms. The monoisotopic (exact) mass is 385 g/mol. The lowest BCUT2D eigenvalue weighted by Gasteiger charge is -2.18. The summed E-state index contributed by atoms with van der Waals surface area (Å²) < 4.78 is 0. The first kappa shape index (κ1) is 20.3. The molecular weight excluding hydrogens is 366 g/mol. The van der Waals surface area contributed by atoms with Crippen LogP contribution in [0.2, 0.25) is 0 Å². The molecule has 0 radical (unpaired) electrons. The van der Waals surface area contributed by atoms with Gasteiger partial charge in [0.2, 0.25) is 5.91 Å². The minimum absolute atomic E-state index is 0.0765. The van der Waals surface area contributed by atoms with Gasteiger partial charge in [0.25, 0.3) is 5.91 Å². The van der Waals surface area contributed by atoms with Crippen molar-refractivity contribution in [1.82, 2.24) is 10.6 Å². The highest BCUT2D eigenvalue weighted by molar-refractivity contribution is 6.17. The lowest BCUT2D eigenvalue weighted by atomic mass is 9.97. The maximum absolute atomic E-state index is 12.5. The van der Waals surface area contributed by atoms with Crippen molar-refractivity contribution in [3.05, 3.63) is 65.2 Å². The Morgan fingerprint density at radius 3 is 2.56 bits per heavy atom. The minimum atomic E-state index is -0.649. The number of halogens is 1. The first-order valence-corrected chi connectivity index (χ1v) is 8.95. The van der Waals surface area contributed by atoms with E-state index >= 15 is 0 Å². The molecule has 0 aliphatic carbocycles. The predicted octanol–water partition coefficient (Wildman–Crippen LogP) is 2.67. The summed E-state index contributed by atoms with van der Waals surface area (Å²) in [5.41, 5.74) is 1.94. The molecule has 1 atom stereocenters. The van der Waals surface area contributed by atoms with E-state index in [2.05, 4.69) is 10.6 Å². The molecule has 0 saturated carbocycles. The van der Waals surface area contributed by atoms with Gasteiger partial charge in [-0.15, -0.1) is 11.6 Å².